The molecule has 1 aliphatic rings. The molecule has 0 aliphatic carbocycles. The van der Waals surface area contributed by atoms with E-state index in [-0.39, 0.29) is 5.76 Å². The Morgan fingerprint density at radius 3 is 3.00 bits per heavy atom. The summed E-state index contributed by atoms with van der Waals surface area (Å²) in [6.45, 7) is 1.96. The third-order valence-corrected chi connectivity index (χ3v) is 2.52. The molecular weight excluding hydrogens is 204 g/mol. The number of hydrogen-bond donors (Lipinski definition) is 0. The van der Waals surface area contributed by atoms with Crippen LogP contribution in [0.4, 0.5) is 5.82 Å². The first-order valence-corrected chi connectivity index (χ1v) is 5.20. The van der Waals surface area contributed by atoms with E-state index in [1.54, 1.807) is 17.9 Å². The van der Waals surface area contributed by atoms with Crippen LogP contribution in [0.5, 0.6) is 0 Å². The minimum absolute atomic E-state index is 0.0845. The summed E-state index contributed by atoms with van der Waals surface area (Å²) in [7, 11) is 1.58. The van der Waals surface area contributed by atoms with Crippen molar-refractivity contribution in [2.24, 2.45) is 4.99 Å². The number of aliphatic imine (C=N–C) groups is 1. The van der Waals surface area contributed by atoms with Crippen molar-refractivity contribution in [3.63, 3.8) is 0 Å². The van der Waals surface area contributed by atoms with Crippen LogP contribution in [-0.4, -0.2) is 13.0 Å². The number of ether oxygens (including phenoxy) is 1. The maximum absolute atomic E-state index is 11.6. The molecule has 0 fully saturated rings. The number of methoxy groups -OCH3 is 1. The van der Waals surface area contributed by atoms with Crippen molar-refractivity contribution in [2.75, 3.05) is 7.11 Å². The standard InChI is InChI=1S/C12H14N2O2/c1-9-4-3-7-14-8-10(15)5-6-11(16-2)13-12(9)14/h3-4,7-8H,5-6H2,1-2H3/b10-8+. The molecule has 0 atom stereocenters. The number of fused-ring (bicyclic) bond motifs is 1. The predicted octanol–water partition coefficient (Wildman–Crippen LogP) is 0.911. The van der Waals surface area contributed by atoms with Crippen LogP contribution in [0.3, 0.4) is 0 Å². The Labute approximate surface area is 94.5 Å². The zero-order valence-electron chi connectivity index (χ0n) is 9.43. The van der Waals surface area contributed by atoms with Crippen molar-refractivity contribution >= 4 is 17.9 Å². The number of rotatable bonds is 0. The molecule has 0 saturated carbocycles. The van der Waals surface area contributed by atoms with Crippen LogP contribution in [0.25, 0.3) is 6.20 Å². The monoisotopic (exact) mass is 218 g/mol. The molecule has 0 spiro atoms. The fourth-order valence-electron chi connectivity index (χ4n) is 1.65. The lowest BCUT2D eigenvalue weighted by molar-refractivity contribution is -0.559. The van der Waals surface area contributed by atoms with Crippen molar-refractivity contribution in [3.05, 3.63) is 29.7 Å². The van der Waals surface area contributed by atoms with Gasteiger partial charge in [-0.05, 0) is 30.5 Å². The summed E-state index contributed by atoms with van der Waals surface area (Å²) >= 11 is 0. The molecule has 2 rings (SSSR count). The van der Waals surface area contributed by atoms with E-state index in [2.05, 4.69) is 4.99 Å². The van der Waals surface area contributed by atoms with E-state index >= 15 is 0 Å². The lowest BCUT2D eigenvalue weighted by atomic mass is 10.2. The van der Waals surface area contributed by atoms with E-state index in [1.807, 2.05) is 25.3 Å². The number of nitrogens with zero attached hydrogens (tertiary/aromatic N) is 2. The zero-order chi connectivity index (χ0) is 11.5. The fourth-order valence-corrected chi connectivity index (χ4v) is 1.65. The smallest absolute Gasteiger partial charge is 0.334 e. The molecule has 4 nitrogen and oxygen atoms in total. The first kappa shape index (κ1) is 10.7. The van der Waals surface area contributed by atoms with Gasteiger partial charge in [-0.2, -0.15) is 0 Å². The fraction of sp³-hybridized carbons (Fsp3) is 0.333. The van der Waals surface area contributed by atoms with Gasteiger partial charge in [-0.3, -0.25) is 0 Å². The molecule has 0 N–H and O–H groups in total. The molecule has 0 radical (unpaired) electrons. The predicted molar refractivity (Wildman–Crippen MR) is 59.0 cm³/mol. The second-order valence-electron chi connectivity index (χ2n) is 3.73. The van der Waals surface area contributed by atoms with E-state index in [1.165, 1.54) is 0 Å². The second kappa shape index (κ2) is 4.35. The highest BCUT2D eigenvalue weighted by molar-refractivity contribution is 5.79. The third kappa shape index (κ3) is 2.05. The highest BCUT2D eigenvalue weighted by Crippen LogP contribution is 2.16. The largest absolute Gasteiger partial charge is 0.873 e. The van der Waals surface area contributed by atoms with Crippen LogP contribution in [-0.2, 0) is 4.74 Å². The quantitative estimate of drug-likeness (QED) is 0.608. The van der Waals surface area contributed by atoms with Gasteiger partial charge in [0.2, 0.25) is 0 Å². The molecule has 1 aromatic heterocycles. The Balaban J connectivity index is 2.58. The first-order chi connectivity index (χ1) is 7.70. The SMILES string of the molecule is CO/C1=N/c2c(C)ccc[n+]2/C=C(/[O-])CC1. The van der Waals surface area contributed by atoms with Crippen molar-refractivity contribution in [2.45, 2.75) is 19.8 Å². The first-order valence-electron chi connectivity index (χ1n) is 5.20. The van der Waals surface area contributed by atoms with E-state index in [4.69, 9.17) is 4.74 Å². The summed E-state index contributed by atoms with van der Waals surface area (Å²) in [4.78, 5) is 4.43. The van der Waals surface area contributed by atoms with Crippen molar-refractivity contribution < 1.29 is 14.4 Å². The maximum Gasteiger partial charge on any atom is 0.334 e. The molecular formula is C12H14N2O2. The average Bonchev–Trinajstić information content (AvgIpc) is 2.24. The molecule has 0 bridgehead atoms. The van der Waals surface area contributed by atoms with Crippen LogP contribution in [0.15, 0.2) is 29.1 Å². The summed E-state index contributed by atoms with van der Waals surface area (Å²) in [6, 6.07) is 3.86. The normalized spacial score (nSPS) is 21.9. The maximum atomic E-state index is 11.6. The van der Waals surface area contributed by atoms with Gasteiger partial charge in [0.05, 0.1) is 25.9 Å². The number of allylic oxidation sites excluding steroid dienone is 1. The van der Waals surface area contributed by atoms with Crippen molar-refractivity contribution in [1.29, 1.82) is 0 Å². The van der Waals surface area contributed by atoms with E-state index in [9.17, 15) is 5.11 Å². The van der Waals surface area contributed by atoms with E-state index in [0.717, 1.165) is 11.4 Å². The lowest BCUT2D eigenvalue weighted by Gasteiger charge is -2.12. The van der Waals surface area contributed by atoms with Gasteiger partial charge in [-0.25, -0.2) is 4.57 Å². The van der Waals surface area contributed by atoms with Gasteiger partial charge in [0, 0.05) is 5.56 Å². The summed E-state index contributed by atoms with van der Waals surface area (Å²) in [6.07, 6.45) is 4.40. The molecule has 0 aromatic carbocycles. The van der Waals surface area contributed by atoms with Gasteiger partial charge >= 0.3 is 11.7 Å². The topological polar surface area (TPSA) is 48.5 Å². The van der Waals surface area contributed by atoms with Crippen LogP contribution in [0.1, 0.15) is 18.4 Å². The molecule has 4 heteroatoms. The second-order valence-corrected chi connectivity index (χ2v) is 3.73. The van der Waals surface area contributed by atoms with E-state index in [0.29, 0.717) is 18.7 Å². The molecule has 0 saturated heterocycles. The Morgan fingerprint density at radius 1 is 1.44 bits per heavy atom. The number of hydrogen-bond acceptors (Lipinski definition) is 3. The summed E-state index contributed by atoms with van der Waals surface area (Å²) in [5.41, 5.74) is 1.02. The van der Waals surface area contributed by atoms with Crippen LogP contribution in [0, 0.1) is 6.92 Å². The van der Waals surface area contributed by atoms with Crippen LogP contribution in [0.2, 0.25) is 0 Å². The van der Waals surface area contributed by atoms with Gasteiger partial charge in [0.15, 0.2) is 0 Å². The minimum atomic E-state index is 0.0845. The van der Waals surface area contributed by atoms with Crippen molar-refractivity contribution in [1.82, 2.24) is 0 Å². The summed E-state index contributed by atoms with van der Waals surface area (Å²) < 4.78 is 6.90. The molecule has 1 aliphatic heterocycles. The molecule has 0 amide bonds. The van der Waals surface area contributed by atoms with Gasteiger partial charge in [0.1, 0.15) is 0 Å². The highest BCUT2D eigenvalue weighted by atomic mass is 16.5. The van der Waals surface area contributed by atoms with Gasteiger partial charge in [-0.15, -0.1) is 0 Å². The molecule has 2 heterocycles. The minimum Gasteiger partial charge on any atom is -0.873 e. The Kier molecular flexibility index (Phi) is 2.90. The highest BCUT2D eigenvalue weighted by Gasteiger charge is 2.17. The Bertz CT molecular complexity index is 464. The summed E-state index contributed by atoms with van der Waals surface area (Å²) in [5.74, 6) is 1.44. The van der Waals surface area contributed by atoms with Crippen LogP contribution >= 0.6 is 0 Å². The molecule has 0 unspecified atom stereocenters. The molecule has 84 valence electrons. The average molecular weight is 218 g/mol. The molecule has 16 heavy (non-hydrogen) atoms. The number of aryl methyl sites for hydroxylation is 1. The summed E-state index contributed by atoms with van der Waals surface area (Å²) in [5, 5.41) is 11.6. The van der Waals surface area contributed by atoms with Gasteiger partial charge in [-0.1, -0.05) is 5.76 Å². The van der Waals surface area contributed by atoms with Crippen molar-refractivity contribution in [3.8, 4) is 0 Å². The van der Waals surface area contributed by atoms with Gasteiger partial charge < -0.3 is 9.84 Å². The number of aromatic nitrogens is 1. The van der Waals surface area contributed by atoms with Gasteiger partial charge in [0.25, 0.3) is 0 Å². The zero-order valence-corrected chi connectivity index (χ0v) is 9.43. The lowest BCUT2D eigenvalue weighted by Crippen LogP contribution is -2.30. The number of pyridine rings is 1. The van der Waals surface area contributed by atoms with Crippen LogP contribution < -0.4 is 9.67 Å². The molecule has 1 aromatic rings. The van der Waals surface area contributed by atoms with E-state index < -0.39 is 0 Å². The third-order valence-electron chi connectivity index (χ3n) is 2.52. The Hall–Kier alpha value is -1.84. The Morgan fingerprint density at radius 2 is 2.25 bits per heavy atom.